The Morgan fingerprint density at radius 3 is 2.62 bits per heavy atom. The third-order valence-electron chi connectivity index (χ3n) is 2.84. The molecule has 1 N–H and O–H groups in total. The highest BCUT2D eigenvalue weighted by Crippen LogP contribution is 2.32. The Morgan fingerprint density at radius 1 is 1.12 bits per heavy atom. The molecule has 0 amide bonds. The molecule has 1 aliphatic heterocycles. The Kier molecular flexibility index (Phi) is 3.69. The van der Waals surface area contributed by atoms with E-state index in [1.165, 1.54) is 15.1 Å². The van der Waals surface area contributed by atoms with Crippen LogP contribution in [-0.4, -0.2) is 26.2 Å². The second-order valence-electron chi connectivity index (χ2n) is 3.86. The van der Waals surface area contributed by atoms with Crippen LogP contribution in [0.4, 0.5) is 5.00 Å². The summed E-state index contributed by atoms with van der Waals surface area (Å²) in [5.41, 5.74) is 0. The summed E-state index contributed by atoms with van der Waals surface area (Å²) in [6, 6.07) is 10.9. The van der Waals surface area contributed by atoms with E-state index < -0.39 is 0 Å². The van der Waals surface area contributed by atoms with E-state index in [0.29, 0.717) is 0 Å². The minimum atomic E-state index is 0. The van der Waals surface area contributed by atoms with Gasteiger partial charge >= 0.3 is 0 Å². The predicted molar refractivity (Wildman–Crippen MR) is 74.2 cm³/mol. The molecule has 86 valence electrons. The van der Waals surface area contributed by atoms with E-state index in [1.54, 1.807) is 0 Å². The zero-order valence-corrected chi connectivity index (χ0v) is 10.6. The van der Waals surface area contributed by atoms with Crippen molar-refractivity contribution in [3.8, 4) is 0 Å². The molecule has 2 heterocycles. The van der Waals surface area contributed by atoms with Crippen LogP contribution in [-0.2, 0) is 0 Å². The van der Waals surface area contributed by atoms with Crippen LogP contribution >= 0.6 is 23.7 Å². The Hall–Kier alpha value is -0.770. The van der Waals surface area contributed by atoms with Gasteiger partial charge in [-0.3, -0.25) is 0 Å². The summed E-state index contributed by atoms with van der Waals surface area (Å²) in [5.74, 6) is 0. The molecule has 0 spiro atoms. The monoisotopic (exact) mass is 254 g/mol. The molecule has 0 bridgehead atoms. The first-order chi connectivity index (χ1) is 7.43. The van der Waals surface area contributed by atoms with E-state index in [0.717, 1.165) is 26.2 Å². The number of hydrogen-bond acceptors (Lipinski definition) is 3. The van der Waals surface area contributed by atoms with Crippen LogP contribution in [0.5, 0.6) is 0 Å². The van der Waals surface area contributed by atoms with Gasteiger partial charge in [-0.1, -0.05) is 18.2 Å². The third-order valence-corrected chi connectivity index (χ3v) is 4.02. The molecule has 2 aromatic rings. The Balaban J connectivity index is 0.000000963. The van der Waals surface area contributed by atoms with Crippen LogP contribution in [0.25, 0.3) is 10.1 Å². The van der Waals surface area contributed by atoms with Crippen molar-refractivity contribution < 1.29 is 0 Å². The average molecular weight is 255 g/mol. The highest BCUT2D eigenvalue weighted by atomic mass is 35.5. The number of fused-ring (bicyclic) bond motifs is 1. The topological polar surface area (TPSA) is 15.3 Å². The van der Waals surface area contributed by atoms with Crippen molar-refractivity contribution in [2.45, 2.75) is 0 Å². The van der Waals surface area contributed by atoms with Crippen LogP contribution in [0.2, 0.25) is 0 Å². The van der Waals surface area contributed by atoms with Gasteiger partial charge in [0.1, 0.15) is 0 Å². The average Bonchev–Trinajstić information content (AvgIpc) is 2.74. The first kappa shape index (κ1) is 11.7. The van der Waals surface area contributed by atoms with Crippen LogP contribution < -0.4 is 10.2 Å². The predicted octanol–water partition coefficient (Wildman–Crippen LogP) is 2.73. The standard InChI is InChI=1S/C12H14N2S.ClH/c1-2-4-11-10(3-1)9-12(15-11)14-7-5-13-6-8-14;/h1-4,9,13H,5-8H2;1H. The van der Waals surface area contributed by atoms with Gasteiger partial charge in [0.15, 0.2) is 0 Å². The molecule has 1 saturated heterocycles. The number of anilines is 1. The van der Waals surface area contributed by atoms with Gasteiger partial charge in [-0.15, -0.1) is 23.7 Å². The highest BCUT2D eigenvalue weighted by Gasteiger charge is 2.12. The fraction of sp³-hybridized carbons (Fsp3) is 0.333. The first-order valence-corrected chi connectivity index (χ1v) is 6.19. The maximum Gasteiger partial charge on any atom is 0.0921 e. The van der Waals surface area contributed by atoms with E-state index in [4.69, 9.17) is 0 Å². The van der Waals surface area contributed by atoms with E-state index >= 15 is 0 Å². The molecule has 16 heavy (non-hydrogen) atoms. The molecule has 1 fully saturated rings. The summed E-state index contributed by atoms with van der Waals surface area (Å²) in [6.45, 7) is 4.47. The number of halogens is 1. The SMILES string of the molecule is Cl.c1ccc2sc(N3CCNCC3)cc2c1. The molecule has 0 unspecified atom stereocenters. The number of rotatable bonds is 1. The minimum Gasteiger partial charge on any atom is -0.361 e. The fourth-order valence-electron chi connectivity index (χ4n) is 2.01. The van der Waals surface area contributed by atoms with Crippen molar-refractivity contribution >= 4 is 38.8 Å². The zero-order valence-electron chi connectivity index (χ0n) is 8.98. The van der Waals surface area contributed by atoms with Gasteiger partial charge in [0.25, 0.3) is 0 Å². The molecular weight excluding hydrogens is 240 g/mol. The van der Waals surface area contributed by atoms with Crippen molar-refractivity contribution in [1.82, 2.24) is 5.32 Å². The Morgan fingerprint density at radius 2 is 1.88 bits per heavy atom. The summed E-state index contributed by atoms with van der Waals surface area (Å²) in [5, 5.41) is 6.17. The highest BCUT2D eigenvalue weighted by molar-refractivity contribution is 7.22. The van der Waals surface area contributed by atoms with Crippen LogP contribution in [0.3, 0.4) is 0 Å². The number of nitrogens with zero attached hydrogens (tertiary/aromatic N) is 1. The molecule has 0 radical (unpaired) electrons. The Bertz CT molecular complexity index is 430. The van der Waals surface area contributed by atoms with Crippen molar-refractivity contribution in [2.75, 3.05) is 31.1 Å². The van der Waals surface area contributed by atoms with E-state index in [9.17, 15) is 0 Å². The van der Waals surface area contributed by atoms with Gasteiger partial charge in [-0.2, -0.15) is 0 Å². The van der Waals surface area contributed by atoms with E-state index in [-0.39, 0.29) is 12.4 Å². The zero-order chi connectivity index (χ0) is 10.1. The molecule has 0 saturated carbocycles. The van der Waals surface area contributed by atoms with Crippen molar-refractivity contribution in [3.63, 3.8) is 0 Å². The summed E-state index contributed by atoms with van der Waals surface area (Å²) >= 11 is 1.90. The van der Waals surface area contributed by atoms with Gasteiger partial charge in [0, 0.05) is 30.9 Å². The molecule has 0 atom stereocenters. The van der Waals surface area contributed by atoms with Gasteiger partial charge in [-0.25, -0.2) is 0 Å². The second-order valence-corrected chi connectivity index (χ2v) is 4.92. The molecule has 0 aliphatic carbocycles. The lowest BCUT2D eigenvalue weighted by molar-refractivity contribution is 0.592. The van der Waals surface area contributed by atoms with Crippen molar-refractivity contribution in [1.29, 1.82) is 0 Å². The van der Waals surface area contributed by atoms with Gasteiger partial charge in [-0.05, 0) is 17.5 Å². The van der Waals surface area contributed by atoms with Gasteiger partial charge < -0.3 is 10.2 Å². The van der Waals surface area contributed by atoms with Crippen molar-refractivity contribution in [3.05, 3.63) is 30.3 Å². The number of piperazine rings is 1. The molecule has 4 heteroatoms. The van der Waals surface area contributed by atoms with Gasteiger partial charge in [0.2, 0.25) is 0 Å². The van der Waals surface area contributed by atoms with Gasteiger partial charge in [0.05, 0.1) is 5.00 Å². The fourth-order valence-corrected chi connectivity index (χ4v) is 3.12. The summed E-state index contributed by atoms with van der Waals surface area (Å²) in [6.07, 6.45) is 0. The van der Waals surface area contributed by atoms with Crippen LogP contribution in [0.15, 0.2) is 30.3 Å². The molecule has 1 aromatic carbocycles. The molecular formula is C12H15ClN2S. The summed E-state index contributed by atoms with van der Waals surface area (Å²) < 4.78 is 1.39. The number of nitrogens with one attached hydrogen (secondary N) is 1. The molecule has 1 aromatic heterocycles. The molecule has 3 rings (SSSR count). The molecule has 1 aliphatic rings. The summed E-state index contributed by atoms with van der Waals surface area (Å²) in [7, 11) is 0. The third kappa shape index (κ3) is 2.17. The first-order valence-electron chi connectivity index (χ1n) is 5.38. The van der Waals surface area contributed by atoms with Crippen LogP contribution in [0, 0.1) is 0 Å². The van der Waals surface area contributed by atoms with E-state index in [2.05, 4.69) is 40.5 Å². The van der Waals surface area contributed by atoms with Crippen LogP contribution in [0.1, 0.15) is 0 Å². The maximum absolute atomic E-state index is 3.38. The smallest absolute Gasteiger partial charge is 0.0921 e. The lowest BCUT2D eigenvalue weighted by Gasteiger charge is -2.27. The molecule has 2 nitrogen and oxygen atoms in total. The number of hydrogen-bond donors (Lipinski definition) is 1. The number of thiophene rings is 1. The largest absolute Gasteiger partial charge is 0.361 e. The van der Waals surface area contributed by atoms with Crippen molar-refractivity contribution in [2.24, 2.45) is 0 Å². The Labute approximate surface area is 106 Å². The quantitative estimate of drug-likeness (QED) is 0.842. The summed E-state index contributed by atoms with van der Waals surface area (Å²) in [4.78, 5) is 2.47. The minimum absolute atomic E-state index is 0. The lowest BCUT2D eigenvalue weighted by Crippen LogP contribution is -2.43. The second kappa shape index (κ2) is 5.04. The van der Waals surface area contributed by atoms with E-state index in [1.807, 2.05) is 11.3 Å². The normalized spacial score (nSPS) is 16.1. The lowest BCUT2D eigenvalue weighted by atomic mass is 10.2. The number of benzene rings is 1. The maximum atomic E-state index is 3.38.